The SMILES string of the molecule is Cc1c(NS(=O)(=O)NCc2ccccc2)cccc1-c1nncn1C. The minimum atomic E-state index is -3.69. The monoisotopic (exact) mass is 357 g/mol. The van der Waals surface area contributed by atoms with Gasteiger partial charge in [-0.25, -0.2) is 0 Å². The molecule has 1 aromatic heterocycles. The maximum absolute atomic E-state index is 12.3. The molecule has 0 aliphatic rings. The van der Waals surface area contributed by atoms with E-state index in [0.717, 1.165) is 16.7 Å². The molecule has 8 heteroatoms. The Labute approximate surface area is 146 Å². The molecular weight excluding hydrogens is 338 g/mol. The van der Waals surface area contributed by atoms with Crippen LogP contribution in [0, 0.1) is 6.92 Å². The third-order valence-electron chi connectivity index (χ3n) is 3.84. The average Bonchev–Trinajstić information content (AvgIpc) is 3.02. The van der Waals surface area contributed by atoms with Crippen molar-refractivity contribution >= 4 is 15.9 Å². The Morgan fingerprint density at radius 2 is 1.84 bits per heavy atom. The first-order valence-electron chi connectivity index (χ1n) is 7.71. The number of hydrogen-bond donors (Lipinski definition) is 2. The zero-order valence-electron chi connectivity index (χ0n) is 14.0. The van der Waals surface area contributed by atoms with E-state index in [9.17, 15) is 8.42 Å². The first kappa shape index (κ1) is 17.1. The van der Waals surface area contributed by atoms with Crippen LogP contribution < -0.4 is 9.44 Å². The topological polar surface area (TPSA) is 88.9 Å². The van der Waals surface area contributed by atoms with Crippen LogP contribution in [0.4, 0.5) is 5.69 Å². The Kier molecular flexibility index (Phi) is 4.82. The van der Waals surface area contributed by atoms with E-state index >= 15 is 0 Å². The van der Waals surface area contributed by atoms with Crippen molar-refractivity contribution in [2.24, 2.45) is 7.05 Å². The molecule has 0 amide bonds. The van der Waals surface area contributed by atoms with Crippen molar-refractivity contribution in [2.75, 3.05) is 4.72 Å². The zero-order chi connectivity index (χ0) is 17.9. The van der Waals surface area contributed by atoms with E-state index in [0.29, 0.717) is 11.5 Å². The molecule has 3 rings (SSSR count). The Bertz CT molecular complexity index is 968. The molecule has 3 aromatic rings. The van der Waals surface area contributed by atoms with Gasteiger partial charge < -0.3 is 4.57 Å². The van der Waals surface area contributed by atoms with Crippen LogP contribution in [0.3, 0.4) is 0 Å². The summed E-state index contributed by atoms with van der Waals surface area (Å²) in [5, 5.41) is 7.95. The molecule has 0 spiro atoms. The van der Waals surface area contributed by atoms with Crippen molar-refractivity contribution in [1.82, 2.24) is 19.5 Å². The molecule has 25 heavy (non-hydrogen) atoms. The summed E-state index contributed by atoms with van der Waals surface area (Å²) in [5.41, 5.74) is 2.99. The summed E-state index contributed by atoms with van der Waals surface area (Å²) in [6, 6.07) is 14.7. The molecule has 0 saturated heterocycles. The lowest BCUT2D eigenvalue weighted by molar-refractivity contribution is 0.587. The molecule has 1 heterocycles. The fourth-order valence-electron chi connectivity index (χ4n) is 2.47. The summed E-state index contributed by atoms with van der Waals surface area (Å²) >= 11 is 0. The Morgan fingerprint density at radius 1 is 1.08 bits per heavy atom. The van der Waals surface area contributed by atoms with E-state index in [1.54, 1.807) is 23.0 Å². The largest absolute Gasteiger partial charge is 0.317 e. The molecule has 0 bridgehead atoms. The number of hydrogen-bond acceptors (Lipinski definition) is 4. The van der Waals surface area contributed by atoms with Crippen molar-refractivity contribution in [1.29, 1.82) is 0 Å². The first-order valence-corrected chi connectivity index (χ1v) is 9.20. The highest BCUT2D eigenvalue weighted by Crippen LogP contribution is 2.27. The molecule has 0 saturated carbocycles. The normalized spacial score (nSPS) is 11.4. The minimum absolute atomic E-state index is 0.220. The van der Waals surface area contributed by atoms with Crippen molar-refractivity contribution in [3.8, 4) is 11.4 Å². The van der Waals surface area contributed by atoms with E-state index in [-0.39, 0.29) is 6.54 Å². The predicted octanol–water partition coefficient (Wildman–Crippen LogP) is 2.24. The van der Waals surface area contributed by atoms with Crippen LogP contribution in [0.2, 0.25) is 0 Å². The van der Waals surface area contributed by atoms with Gasteiger partial charge in [-0.15, -0.1) is 10.2 Å². The van der Waals surface area contributed by atoms with E-state index < -0.39 is 10.2 Å². The maximum atomic E-state index is 12.3. The van der Waals surface area contributed by atoms with Crippen molar-refractivity contribution in [3.63, 3.8) is 0 Å². The highest BCUT2D eigenvalue weighted by molar-refractivity contribution is 7.90. The van der Waals surface area contributed by atoms with Crippen LogP contribution in [0.25, 0.3) is 11.4 Å². The van der Waals surface area contributed by atoms with Gasteiger partial charge in [-0.1, -0.05) is 42.5 Å². The number of nitrogens with one attached hydrogen (secondary N) is 2. The highest BCUT2D eigenvalue weighted by Gasteiger charge is 2.15. The number of anilines is 1. The summed E-state index contributed by atoms with van der Waals surface area (Å²) in [5.74, 6) is 0.677. The number of aryl methyl sites for hydroxylation is 1. The summed E-state index contributed by atoms with van der Waals surface area (Å²) < 4.78 is 31.6. The summed E-state index contributed by atoms with van der Waals surface area (Å²) in [6.45, 7) is 2.07. The minimum Gasteiger partial charge on any atom is -0.317 e. The fraction of sp³-hybridized carbons (Fsp3) is 0.176. The van der Waals surface area contributed by atoms with Crippen LogP contribution in [0.15, 0.2) is 54.9 Å². The third kappa shape index (κ3) is 4.04. The number of aromatic nitrogens is 3. The molecule has 2 aromatic carbocycles. The fourth-order valence-corrected chi connectivity index (χ4v) is 3.41. The molecule has 0 aliphatic carbocycles. The van der Waals surface area contributed by atoms with Gasteiger partial charge in [-0.3, -0.25) is 4.72 Å². The van der Waals surface area contributed by atoms with Gasteiger partial charge in [-0.05, 0) is 24.1 Å². The molecule has 0 fully saturated rings. The molecule has 0 aliphatic heterocycles. The quantitative estimate of drug-likeness (QED) is 0.708. The smallest absolute Gasteiger partial charge is 0.299 e. The number of benzene rings is 2. The highest BCUT2D eigenvalue weighted by atomic mass is 32.2. The number of rotatable bonds is 6. The second-order valence-electron chi connectivity index (χ2n) is 5.66. The van der Waals surface area contributed by atoms with E-state index in [2.05, 4.69) is 19.6 Å². The second kappa shape index (κ2) is 7.04. The molecular formula is C17H19N5O2S. The van der Waals surface area contributed by atoms with E-state index in [1.807, 2.05) is 50.4 Å². The van der Waals surface area contributed by atoms with Gasteiger partial charge in [0, 0.05) is 19.2 Å². The van der Waals surface area contributed by atoms with Crippen LogP contribution >= 0.6 is 0 Å². The Morgan fingerprint density at radius 3 is 2.52 bits per heavy atom. The lowest BCUT2D eigenvalue weighted by atomic mass is 10.1. The lowest BCUT2D eigenvalue weighted by Crippen LogP contribution is -2.30. The molecule has 7 nitrogen and oxygen atoms in total. The molecule has 130 valence electrons. The first-order chi connectivity index (χ1) is 12.0. The third-order valence-corrected chi connectivity index (χ3v) is 4.85. The molecule has 2 N–H and O–H groups in total. The van der Waals surface area contributed by atoms with Gasteiger partial charge in [0.15, 0.2) is 5.82 Å². The van der Waals surface area contributed by atoms with Gasteiger partial charge in [-0.2, -0.15) is 13.1 Å². The van der Waals surface area contributed by atoms with E-state index in [4.69, 9.17) is 0 Å². The predicted molar refractivity (Wildman–Crippen MR) is 97.0 cm³/mol. The van der Waals surface area contributed by atoms with Crippen LogP contribution in [-0.4, -0.2) is 23.2 Å². The average molecular weight is 357 g/mol. The lowest BCUT2D eigenvalue weighted by Gasteiger charge is -2.14. The second-order valence-corrected chi connectivity index (χ2v) is 7.16. The van der Waals surface area contributed by atoms with Gasteiger partial charge >= 0.3 is 0 Å². The maximum Gasteiger partial charge on any atom is 0.299 e. The van der Waals surface area contributed by atoms with Gasteiger partial charge in [0.2, 0.25) is 0 Å². The Hall–Kier alpha value is -2.71. The van der Waals surface area contributed by atoms with Crippen LogP contribution in [0.5, 0.6) is 0 Å². The van der Waals surface area contributed by atoms with Gasteiger partial charge in [0.05, 0.1) is 5.69 Å². The van der Waals surface area contributed by atoms with Crippen molar-refractivity contribution in [3.05, 3.63) is 66.0 Å². The molecule has 0 radical (unpaired) electrons. The summed E-state index contributed by atoms with van der Waals surface area (Å²) in [6.07, 6.45) is 1.60. The van der Waals surface area contributed by atoms with Crippen molar-refractivity contribution < 1.29 is 8.42 Å². The summed E-state index contributed by atoms with van der Waals surface area (Å²) in [4.78, 5) is 0. The molecule has 0 atom stereocenters. The standard InChI is InChI=1S/C17H19N5O2S/c1-13-15(17-20-18-12-22(17)2)9-6-10-16(13)21-25(23,24)19-11-14-7-4-3-5-8-14/h3-10,12,19,21H,11H2,1-2H3. The zero-order valence-corrected chi connectivity index (χ0v) is 14.8. The summed E-state index contributed by atoms with van der Waals surface area (Å²) in [7, 11) is -1.85. The van der Waals surface area contributed by atoms with E-state index in [1.165, 1.54) is 0 Å². The van der Waals surface area contributed by atoms with Crippen LogP contribution in [-0.2, 0) is 23.8 Å². The molecule has 0 unspecified atom stereocenters. The number of nitrogens with zero attached hydrogens (tertiary/aromatic N) is 3. The van der Waals surface area contributed by atoms with Gasteiger partial charge in [0.25, 0.3) is 10.2 Å². The van der Waals surface area contributed by atoms with Gasteiger partial charge in [0.1, 0.15) is 6.33 Å². The Balaban J connectivity index is 1.79. The van der Waals surface area contributed by atoms with Crippen LogP contribution in [0.1, 0.15) is 11.1 Å². The van der Waals surface area contributed by atoms with Crippen molar-refractivity contribution in [2.45, 2.75) is 13.5 Å².